The third kappa shape index (κ3) is 8.30. The van der Waals surface area contributed by atoms with Crippen molar-refractivity contribution in [3.8, 4) is 0 Å². The van der Waals surface area contributed by atoms with E-state index in [2.05, 4.69) is 6.58 Å². The van der Waals surface area contributed by atoms with Crippen molar-refractivity contribution in [1.29, 1.82) is 0 Å². The second-order valence-corrected chi connectivity index (χ2v) is 8.45. The Hall–Kier alpha value is -1.61. The molecule has 0 atom stereocenters. The van der Waals surface area contributed by atoms with Gasteiger partial charge in [-0.2, -0.15) is 0 Å². The van der Waals surface area contributed by atoms with Crippen molar-refractivity contribution < 1.29 is 26.4 Å². The van der Waals surface area contributed by atoms with Gasteiger partial charge in [0.25, 0.3) is 0 Å². The summed E-state index contributed by atoms with van der Waals surface area (Å²) in [7, 11) is -6.00. The van der Waals surface area contributed by atoms with Gasteiger partial charge in [0.15, 0.2) is 23.9 Å². The molecule has 0 aliphatic heterocycles. The Balaban J connectivity index is 4.76. The molecular formula is C12H19NO6S2. The number of likely N-dealkylation sites (N-methyl/N-ethyl adjacent to an activating group) is 1. The standard InChI is InChI=1S/C12H19NO6S2/c1-5-11(14)19-10-9-13(2)8-6-7-12(20(3,15)16)21(4,17)18/h5-8H,1,9-10H2,2-4H3/b8-6+. The molecule has 0 bridgehead atoms. The van der Waals surface area contributed by atoms with E-state index in [1.165, 1.54) is 12.3 Å². The predicted molar refractivity (Wildman–Crippen MR) is 80.7 cm³/mol. The highest BCUT2D eigenvalue weighted by atomic mass is 32.3. The number of hydrogen-bond donors (Lipinski definition) is 0. The van der Waals surface area contributed by atoms with E-state index >= 15 is 0 Å². The zero-order valence-corrected chi connectivity index (χ0v) is 13.8. The number of rotatable bonds is 8. The van der Waals surface area contributed by atoms with Crippen LogP contribution < -0.4 is 0 Å². The van der Waals surface area contributed by atoms with Crippen LogP contribution in [-0.2, 0) is 29.2 Å². The van der Waals surface area contributed by atoms with Crippen LogP contribution in [-0.4, -0.2) is 60.4 Å². The summed E-state index contributed by atoms with van der Waals surface area (Å²) in [6.07, 6.45) is 6.48. The van der Waals surface area contributed by atoms with Gasteiger partial charge in [-0.3, -0.25) is 0 Å². The van der Waals surface area contributed by atoms with Crippen LogP contribution >= 0.6 is 0 Å². The number of sulfone groups is 2. The molecule has 0 fully saturated rings. The first-order valence-corrected chi connectivity index (χ1v) is 9.55. The van der Waals surface area contributed by atoms with E-state index in [0.717, 1.165) is 24.7 Å². The van der Waals surface area contributed by atoms with Crippen LogP contribution in [0.15, 0.2) is 35.2 Å². The zero-order chi connectivity index (χ0) is 16.7. The van der Waals surface area contributed by atoms with Crippen LogP contribution in [0.25, 0.3) is 0 Å². The molecular weight excluding hydrogens is 318 g/mol. The summed E-state index contributed by atoms with van der Waals surface area (Å²) < 4.78 is 49.6. The number of carbonyl (C=O) groups excluding carboxylic acids is 1. The molecule has 0 unspecified atom stereocenters. The van der Waals surface area contributed by atoms with Gasteiger partial charge in [0.1, 0.15) is 6.61 Å². The normalized spacial score (nSPS) is 12.0. The monoisotopic (exact) mass is 337 g/mol. The van der Waals surface area contributed by atoms with Gasteiger partial charge in [-0.1, -0.05) is 6.58 Å². The highest BCUT2D eigenvalue weighted by molar-refractivity contribution is 8.13. The molecule has 0 aliphatic rings. The molecule has 0 aromatic carbocycles. The van der Waals surface area contributed by atoms with E-state index < -0.39 is 29.9 Å². The maximum absolute atomic E-state index is 11.4. The van der Waals surface area contributed by atoms with Crippen LogP contribution in [0.4, 0.5) is 0 Å². The number of hydrogen-bond acceptors (Lipinski definition) is 7. The van der Waals surface area contributed by atoms with Gasteiger partial charge in [0, 0.05) is 25.6 Å². The summed E-state index contributed by atoms with van der Waals surface area (Å²) in [5.74, 6) is -0.538. The molecule has 0 heterocycles. The highest BCUT2D eigenvalue weighted by Crippen LogP contribution is 2.12. The van der Waals surface area contributed by atoms with E-state index in [1.807, 2.05) is 0 Å². The van der Waals surface area contributed by atoms with E-state index in [-0.39, 0.29) is 6.61 Å². The molecule has 0 amide bonds. The van der Waals surface area contributed by atoms with Gasteiger partial charge in [-0.15, -0.1) is 0 Å². The van der Waals surface area contributed by atoms with E-state index in [9.17, 15) is 21.6 Å². The number of carbonyl (C=O) groups is 1. The summed E-state index contributed by atoms with van der Waals surface area (Å²) in [6.45, 7) is 3.73. The third-order valence-electron chi connectivity index (χ3n) is 2.16. The SMILES string of the molecule is C=CC(=O)OCCN(C)/C=C/C=C(S(C)(=O)=O)S(C)(=O)=O. The lowest BCUT2D eigenvalue weighted by Gasteiger charge is -2.12. The first-order chi connectivity index (χ1) is 9.48. The molecule has 0 aliphatic carbocycles. The molecule has 0 aromatic rings. The number of allylic oxidation sites excluding steroid dienone is 2. The molecule has 120 valence electrons. The Morgan fingerprint density at radius 3 is 2.14 bits per heavy atom. The predicted octanol–water partition coefficient (Wildman–Crippen LogP) is 0.0917. The smallest absolute Gasteiger partial charge is 0.330 e. The van der Waals surface area contributed by atoms with Gasteiger partial charge < -0.3 is 9.64 Å². The second kappa shape index (κ2) is 7.99. The lowest BCUT2D eigenvalue weighted by molar-refractivity contribution is -0.137. The first kappa shape index (κ1) is 19.4. The van der Waals surface area contributed by atoms with Crippen LogP contribution in [0.1, 0.15) is 0 Å². The van der Waals surface area contributed by atoms with Crippen molar-refractivity contribution in [2.75, 3.05) is 32.7 Å². The maximum atomic E-state index is 11.4. The lowest BCUT2D eigenvalue weighted by Crippen LogP contribution is -2.18. The first-order valence-electron chi connectivity index (χ1n) is 5.76. The average Bonchev–Trinajstić information content (AvgIpc) is 2.31. The fourth-order valence-electron chi connectivity index (χ4n) is 1.21. The number of ether oxygens (including phenoxy) is 1. The molecule has 0 aromatic heterocycles. The Bertz CT molecular complexity index is 609. The maximum Gasteiger partial charge on any atom is 0.330 e. The number of nitrogens with zero attached hydrogens (tertiary/aromatic N) is 1. The molecule has 21 heavy (non-hydrogen) atoms. The Labute approximate surface area is 125 Å². The molecule has 0 rings (SSSR count). The van der Waals surface area contributed by atoms with Gasteiger partial charge >= 0.3 is 5.97 Å². The Morgan fingerprint density at radius 2 is 1.71 bits per heavy atom. The van der Waals surface area contributed by atoms with Crippen molar-refractivity contribution in [2.45, 2.75) is 0 Å². The van der Waals surface area contributed by atoms with Crippen molar-refractivity contribution in [2.24, 2.45) is 0 Å². The fraction of sp³-hybridized carbons (Fsp3) is 0.417. The van der Waals surface area contributed by atoms with Crippen molar-refractivity contribution in [3.05, 3.63) is 35.2 Å². The Kier molecular flexibility index (Phi) is 7.37. The quantitative estimate of drug-likeness (QED) is 0.352. The van der Waals surface area contributed by atoms with Crippen LogP contribution in [0.2, 0.25) is 0 Å². The minimum atomic E-state index is -3.83. The van der Waals surface area contributed by atoms with Gasteiger partial charge in [0.2, 0.25) is 0 Å². The topological polar surface area (TPSA) is 97.8 Å². The summed E-state index contributed by atoms with van der Waals surface area (Å²) in [6, 6.07) is 0. The minimum Gasteiger partial charge on any atom is -0.461 e. The van der Waals surface area contributed by atoms with Crippen molar-refractivity contribution >= 4 is 25.6 Å². The van der Waals surface area contributed by atoms with E-state index in [0.29, 0.717) is 6.54 Å². The highest BCUT2D eigenvalue weighted by Gasteiger charge is 2.21. The summed E-state index contributed by atoms with van der Waals surface area (Å²) in [4.78, 5) is 12.4. The summed E-state index contributed by atoms with van der Waals surface area (Å²) >= 11 is 0. The molecule has 0 saturated carbocycles. The van der Waals surface area contributed by atoms with E-state index in [4.69, 9.17) is 4.74 Å². The van der Waals surface area contributed by atoms with Gasteiger partial charge in [-0.05, 0) is 18.4 Å². The average molecular weight is 337 g/mol. The van der Waals surface area contributed by atoms with Crippen molar-refractivity contribution in [3.63, 3.8) is 0 Å². The van der Waals surface area contributed by atoms with Crippen LogP contribution in [0.5, 0.6) is 0 Å². The fourth-order valence-corrected chi connectivity index (χ4v) is 4.07. The summed E-state index contributed by atoms with van der Waals surface area (Å²) in [5, 5.41) is 0. The third-order valence-corrected chi connectivity index (χ3v) is 5.71. The van der Waals surface area contributed by atoms with Gasteiger partial charge in [-0.25, -0.2) is 21.6 Å². The largest absolute Gasteiger partial charge is 0.461 e. The minimum absolute atomic E-state index is 0.125. The molecule has 0 saturated heterocycles. The van der Waals surface area contributed by atoms with Crippen molar-refractivity contribution in [1.82, 2.24) is 4.90 Å². The molecule has 0 N–H and O–H groups in total. The Morgan fingerprint density at radius 1 is 1.19 bits per heavy atom. The van der Waals surface area contributed by atoms with Crippen LogP contribution in [0.3, 0.4) is 0 Å². The zero-order valence-electron chi connectivity index (χ0n) is 12.1. The second-order valence-electron chi connectivity index (χ2n) is 4.22. The summed E-state index contributed by atoms with van der Waals surface area (Å²) in [5.41, 5.74) is 0. The molecule has 9 heteroatoms. The molecule has 0 radical (unpaired) electrons. The lowest BCUT2D eigenvalue weighted by atomic mass is 10.5. The number of esters is 1. The van der Waals surface area contributed by atoms with Gasteiger partial charge in [0.05, 0.1) is 6.54 Å². The molecule has 0 spiro atoms. The van der Waals surface area contributed by atoms with E-state index in [1.54, 1.807) is 11.9 Å². The molecule has 7 nitrogen and oxygen atoms in total. The van der Waals surface area contributed by atoms with Crippen LogP contribution in [0, 0.1) is 0 Å².